The lowest BCUT2D eigenvalue weighted by atomic mass is 9.84. The molecule has 0 saturated heterocycles. The predicted octanol–water partition coefficient (Wildman–Crippen LogP) is 1.36. The molecule has 6 heteroatoms. The lowest BCUT2D eigenvalue weighted by Gasteiger charge is -2.21. The number of ketones is 1. The molecular formula is C13H19NO5. The maximum Gasteiger partial charge on any atom is 0.307 e. The van der Waals surface area contributed by atoms with Crippen LogP contribution in [0.3, 0.4) is 0 Å². The maximum absolute atomic E-state index is 12.0. The highest BCUT2D eigenvalue weighted by Gasteiger charge is 2.33. The molecule has 0 heterocycles. The average molecular weight is 269 g/mol. The zero-order valence-corrected chi connectivity index (χ0v) is 11.2. The normalized spacial score (nSPS) is 20.8. The number of aliphatic imine (C=N–C) groups is 1. The molecular weight excluding hydrogens is 250 g/mol. The zero-order valence-electron chi connectivity index (χ0n) is 11.2. The van der Waals surface area contributed by atoms with Crippen LogP contribution in [0.4, 0.5) is 0 Å². The van der Waals surface area contributed by atoms with Crippen molar-refractivity contribution < 1.29 is 24.5 Å². The van der Waals surface area contributed by atoms with Gasteiger partial charge < -0.3 is 14.9 Å². The van der Waals surface area contributed by atoms with Crippen molar-refractivity contribution >= 4 is 17.5 Å². The van der Waals surface area contributed by atoms with E-state index in [4.69, 9.17) is 9.84 Å². The second-order valence-corrected chi connectivity index (χ2v) is 4.36. The largest absolute Gasteiger partial charge is 0.511 e. The van der Waals surface area contributed by atoms with Crippen LogP contribution in [-0.4, -0.2) is 47.9 Å². The van der Waals surface area contributed by atoms with Crippen molar-refractivity contribution in [1.82, 2.24) is 0 Å². The van der Waals surface area contributed by atoms with Crippen molar-refractivity contribution in [2.45, 2.75) is 26.2 Å². The van der Waals surface area contributed by atoms with Crippen LogP contribution in [0.2, 0.25) is 0 Å². The summed E-state index contributed by atoms with van der Waals surface area (Å²) in [5.74, 6) is -2.42. The minimum Gasteiger partial charge on any atom is -0.511 e. The van der Waals surface area contributed by atoms with Gasteiger partial charge in [0, 0.05) is 25.7 Å². The number of hydrogen-bond acceptors (Lipinski definition) is 5. The Hall–Kier alpha value is -1.69. The summed E-state index contributed by atoms with van der Waals surface area (Å²) in [6.07, 6.45) is 0.407. The summed E-state index contributed by atoms with van der Waals surface area (Å²) in [7, 11) is 1.56. The summed E-state index contributed by atoms with van der Waals surface area (Å²) in [5, 5.41) is 18.8. The number of Topliss-reactive ketones (excluding diaryl/α,β-unsaturated/α-hetero) is 1. The first kappa shape index (κ1) is 15.4. The third kappa shape index (κ3) is 3.89. The molecule has 0 spiro atoms. The van der Waals surface area contributed by atoms with Gasteiger partial charge in [-0.3, -0.25) is 14.6 Å². The molecule has 0 aromatic carbocycles. The molecule has 106 valence electrons. The van der Waals surface area contributed by atoms with Crippen molar-refractivity contribution in [3.05, 3.63) is 11.3 Å². The molecule has 1 aliphatic rings. The Morgan fingerprint density at radius 3 is 2.63 bits per heavy atom. The van der Waals surface area contributed by atoms with Gasteiger partial charge in [-0.1, -0.05) is 6.92 Å². The second-order valence-electron chi connectivity index (χ2n) is 4.36. The van der Waals surface area contributed by atoms with Gasteiger partial charge in [0.15, 0.2) is 5.78 Å². The van der Waals surface area contributed by atoms with Crippen molar-refractivity contribution in [2.24, 2.45) is 10.9 Å². The van der Waals surface area contributed by atoms with E-state index < -0.39 is 11.9 Å². The molecule has 0 fully saturated rings. The van der Waals surface area contributed by atoms with Gasteiger partial charge in [-0.15, -0.1) is 0 Å². The van der Waals surface area contributed by atoms with Crippen LogP contribution in [0, 0.1) is 5.92 Å². The van der Waals surface area contributed by atoms with Crippen LogP contribution in [-0.2, 0) is 14.3 Å². The fourth-order valence-corrected chi connectivity index (χ4v) is 2.04. The number of carboxylic acid groups (broad SMARTS) is 1. The van der Waals surface area contributed by atoms with E-state index in [2.05, 4.69) is 4.99 Å². The molecule has 6 nitrogen and oxygen atoms in total. The highest BCUT2D eigenvalue weighted by Crippen LogP contribution is 2.27. The lowest BCUT2D eigenvalue weighted by molar-refractivity contribution is -0.144. The Morgan fingerprint density at radius 1 is 1.47 bits per heavy atom. The van der Waals surface area contributed by atoms with E-state index in [0.717, 1.165) is 0 Å². The van der Waals surface area contributed by atoms with Gasteiger partial charge >= 0.3 is 5.97 Å². The van der Waals surface area contributed by atoms with E-state index >= 15 is 0 Å². The molecule has 1 rings (SSSR count). The number of methoxy groups -OCH3 is 1. The Labute approximate surface area is 111 Å². The topological polar surface area (TPSA) is 96.2 Å². The number of rotatable bonds is 6. The van der Waals surface area contributed by atoms with Gasteiger partial charge in [0.2, 0.25) is 0 Å². The Morgan fingerprint density at radius 2 is 2.16 bits per heavy atom. The average Bonchev–Trinajstić information content (AvgIpc) is 2.35. The minimum absolute atomic E-state index is 0.0142. The zero-order chi connectivity index (χ0) is 14.4. The van der Waals surface area contributed by atoms with Crippen LogP contribution in [0.1, 0.15) is 26.2 Å². The summed E-state index contributed by atoms with van der Waals surface area (Å²) in [4.78, 5) is 27.1. The lowest BCUT2D eigenvalue weighted by Crippen LogP contribution is -2.28. The molecule has 0 saturated carbocycles. The number of ether oxygens (including phenoxy) is 1. The third-order valence-electron chi connectivity index (χ3n) is 3.01. The molecule has 0 radical (unpaired) electrons. The quantitative estimate of drug-likeness (QED) is 0.560. The van der Waals surface area contributed by atoms with Gasteiger partial charge in [0.25, 0.3) is 0 Å². The summed E-state index contributed by atoms with van der Waals surface area (Å²) in [6.45, 7) is 2.68. The van der Waals surface area contributed by atoms with E-state index in [1.54, 1.807) is 7.11 Å². The fourth-order valence-electron chi connectivity index (χ4n) is 2.04. The highest BCUT2D eigenvalue weighted by atomic mass is 16.5. The molecule has 0 bridgehead atoms. The smallest absolute Gasteiger partial charge is 0.307 e. The number of aliphatic hydroxyl groups is 1. The Kier molecular flexibility index (Phi) is 5.69. The Balaban J connectivity index is 2.96. The monoisotopic (exact) mass is 269 g/mol. The molecule has 1 unspecified atom stereocenters. The van der Waals surface area contributed by atoms with Crippen molar-refractivity contribution in [3.8, 4) is 0 Å². The van der Waals surface area contributed by atoms with Crippen LogP contribution < -0.4 is 0 Å². The van der Waals surface area contributed by atoms with Gasteiger partial charge in [-0.25, -0.2) is 0 Å². The van der Waals surface area contributed by atoms with Crippen LogP contribution in [0.15, 0.2) is 16.3 Å². The van der Waals surface area contributed by atoms with Crippen molar-refractivity contribution in [2.75, 3.05) is 20.3 Å². The third-order valence-corrected chi connectivity index (χ3v) is 3.01. The minimum atomic E-state index is -1.06. The van der Waals surface area contributed by atoms with Crippen LogP contribution >= 0.6 is 0 Å². The first-order chi connectivity index (χ1) is 9.01. The summed E-state index contributed by atoms with van der Waals surface area (Å²) in [5.41, 5.74) is 0.708. The number of nitrogens with zero attached hydrogens (tertiary/aromatic N) is 1. The number of aliphatic carboxylic acids is 1. The van der Waals surface area contributed by atoms with E-state index in [-0.39, 0.29) is 30.0 Å². The fraction of sp³-hybridized carbons (Fsp3) is 0.615. The molecule has 1 atom stereocenters. The summed E-state index contributed by atoms with van der Waals surface area (Å²) < 4.78 is 4.88. The van der Waals surface area contributed by atoms with Crippen molar-refractivity contribution in [1.29, 1.82) is 0 Å². The maximum atomic E-state index is 12.0. The SMILES string of the molecule is CCC(=NCCOC)C1=C(O)CC(C(=O)O)CC1=O. The molecule has 0 aliphatic heterocycles. The van der Waals surface area contributed by atoms with E-state index in [9.17, 15) is 14.7 Å². The predicted molar refractivity (Wildman–Crippen MR) is 69.5 cm³/mol. The molecule has 1 aliphatic carbocycles. The molecule has 0 aromatic rings. The van der Waals surface area contributed by atoms with Gasteiger partial charge in [-0.05, 0) is 6.42 Å². The first-order valence-electron chi connectivity index (χ1n) is 6.22. The molecule has 19 heavy (non-hydrogen) atoms. The number of allylic oxidation sites excluding steroid dienone is 2. The number of carbonyl (C=O) groups excluding carboxylic acids is 1. The first-order valence-corrected chi connectivity index (χ1v) is 6.22. The van der Waals surface area contributed by atoms with Crippen molar-refractivity contribution in [3.63, 3.8) is 0 Å². The standard InChI is InChI=1S/C13H19NO5/c1-3-9(14-4-5-19-2)12-10(15)6-8(13(17)18)7-11(12)16/h8,15H,3-7H2,1-2H3,(H,17,18). The number of carboxylic acids is 1. The second kappa shape index (κ2) is 7.04. The number of carbonyl (C=O) groups is 2. The van der Waals surface area contributed by atoms with Gasteiger partial charge in [0.05, 0.1) is 24.6 Å². The summed E-state index contributed by atoms with van der Waals surface area (Å²) >= 11 is 0. The van der Waals surface area contributed by atoms with E-state index in [0.29, 0.717) is 25.3 Å². The molecule has 0 aromatic heterocycles. The molecule has 2 N–H and O–H groups in total. The Bertz CT molecular complexity index is 425. The number of aliphatic hydroxyl groups excluding tert-OH is 1. The van der Waals surface area contributed by atoms with Gasteiger partial charge in [0.1, 0.15) is 5.76 Å². The highest BCUT2D eigenvalue weighted by molar-refractivity contribution is 6.23. The van der Waals surface area contributed by atoms with E-state index in [1.165, 1.54) is 0 Å². The summed E-state index contributed by atoms with van der Waals surface area (Å²) in [6, 6.07) is 0. The van der Waals surface area contributed by atoms with Crippen LogP contribution in [0.25, 0.3) is 0 Å². The molecule has 0 amide bonds. The van der Waals surface area contributed by atoms with Gasteiger partial charge in [-0.2, -0.15) is 0 Å². The van der Waals surface area contributed by atoms with E-state index in [1.807, 2.05) is 6.92 Å². The van der Waals surface area contributed by atoms with Crippen LogP contribution in [0.5, 0.6) is 0 Å². The number of hydrogen-bond donors (Lipinski definition) is 2.